The maximum Gasteiger partial charge on any atom is 0.331 e. The summed E-state index contributed by atoms with van der Waals surface area (Å²) in [6.45, 7) is 1.66. The summed E-state index contributed by atoms with van der Waals surface area (Å²) in [5, 5.41) is 2.98. The highest BCUT2D eigenvalue weighted by atomic mass is 35.5. The van der Waals surface area contributed by atoms with E-state index in [0.29, 0.717) is 17.0 Å². The van der Waals surface area contributed by atoms with Crippen LogP contribution < -0.4 is 5.32 Å². The largest absolute Gasteiger partial charge is 0.452 e. The van der Waals surface area contributed by atoms with Gasteiger partial charge in [-0.2, -0.15) is 0 Å². The summed E-state index contributed by atoms with van der Waals surface area (Å²) in [6, 6.07) is 13.0. The van der Waals surface area contributed by atoms with E-state index in [4.69, 9.17) is 16.3 Å². The molecule has 0 aliphatic heterocycles. The standard InChI is InChI=1S/C20H18ClN3O3/c1-2-14-6-5-7-15(12-14)22-18(25)13-27-19(26)10-9-16-20(21)23-17-8-3-4-11-24(16)17/h3-12H,2,13H2,1H3,(H,22,25)/b10-9+. The zero-order chi connectivity index (χ0) is 19.2. The van der Waals surface area contributed by atoms with Gasteiger partial charge in [-0.3, -0.25) is 9.20 Å². The molecule has 138 valence electrons. The molecule has 0 saturated heterocycles. The fourth-order valence-corrected chi connectivity index (χ4v) is 2.77. The van der Waals surface area contributed by atoms with Crippen molar-refractivity contribution in [2.24, 2.45) is 0 Å². The number of anilines is 1. The van der Waals surface area contributed by atoms with Crippen molar-refractivity contribution in [3.05, 3.63) is 71.1 Å². The summed E-state index contributed by atoms with van der Waals surface area (Å²) in [5.74, 6) is -1.05. The van der Waals surface area contributed by atoms with E-state index in [0.717, 1.165) is 12.0 Å². The first-order valence-electron chi connectivity index (χ1n) is 8.43. The third-order valence-electron chi connectivity index (χ3n) is 3.86. The molecule has 7 heteroatoms. The van der Waals surface area contributed by atoms with Crippen molar-refractivity contribution in [1.29, 1.82) is 0 Å². The second kappa shape index (κ2) is 8.51. The first-order chi connectivity index (χ1) is 13.1. The number of hydrogen-bond acceptors (Lipinski definition) is 4. The van der Waals surface area contributed by atoms with Crippen LogP contribution in [0.25, 0.3) is 11.7 Å². The van der Waals surface area contributed by atoms with Gasteiger partial charge in [0.15, 0.2) is 11.8 Å². The minimum atomic E-state index is -0.644. The van der Waals surface area contributed by atoms with Gasteiger partial charge in [-0.15, -0.1) is 0 Å². The van der Waals surface area contributed by atoms with Crippen molar-refractivity contribution in [3.63, 3.8) is 0 Å². The van der Waals surface area contributed by atoms with E-state index in [1.807, 2.05) is 37.3 Å². The molecule has 0 fully saturated rings. The second-order valence-electron chi connectivity index (χ2n) is 5.76. The number of hydrogen-bond donors (Lipinski definition) is 1. The molecule has 0 unspecified atom stereocenters. The second-order valence-corrected chi connectivity index (χ2v) is 6.12. The molecule has 0 radical (unpaired) electrons. The lowest BCUT2D eigenvalue weighted by Gasteiger charge is -2.06. The number of nitrogens with one attached hydrogen (secondary N) is 1. The van der Waals surface area contributed by atoms with Crippen molar-refractivity contribution >= 4 is 40.9 Å². The molecular weight excluding hydrogens is 366 g/mol. The molecular formula is C20H18ClN3O3. The molecule has 1 N–H and O–H groups in total. The number of aryl methyl sites for hydroxylation is 1. The molecule has 3 rings (SSSR count). The summed E-state index contributed by atoms with van der Waals surface area (Å²) in [7, 11) is 0. The maximum absolute atomic E-state index is 11.9. The number of pyridine rings is 1. The molecule has 2 heterocycles. The number of imidazole rings is 1. The SMILES string of the molecule is CCc1cccc(NC(=O)COC(=O)/C=C/c2c(Cl)nc3ccccn23)c1. The van der Waals surface area contributed by atoms with E-state index in [-0.39, 0.29) is 11.8 Å². The van der Waals surface area contributed by atoms with Gasteiger partial charge in [-0.05, 0) is 42.3 Å². The molecule has 0 saturated carbocycles. The van der Waals surface area contributed by atoms with Crippen molar-refractivity contribution in [2.45, 2.75) is 13.3 Å². The van der Waals surface area contributed by atoms with E-state index in [1.165, 1.54) is 12.2 Å². The molecule has 1 aromatic carbocycles. The number of ether oxygens (including phenoxy) is 1. The Bertz CT molecular complexity index is 1010. The van der Waals surface area contributed by atoms with Gasteiger partial charge in [0.25, 0.3) is 5.91 Å². The fourth-order valence-electron chi connectivity index (χ4n) is 2.53. The quantitative estimate of drug-likeness (QED) is 0.519. The Morgan fingerprint density at radius 3 is 2.93 bits per heavy atom. The minimum Gasteiger partial charge on any atom is -0.452 e. The number of carbonyl (C=O) groups excluding carboxylic acids is 2. The first-order valence-corrected chi connectivity index (χ1v) is 8.81. The fraction of sp³-hybridized carbons (Fsp3) is 0.150. The number of esters is 1. The zero-order valence-electron chi connectivity index (χ0n) is 14.7. The molecule has 2 aromatic heterocycles. The molecule has 1 amide bonds. The predicted octanol–water partition coefficient (Wildman–Crippen LogP) is 3.75. The van der Waals surface area contributed by atoms with Crippen LogP contribution in [-0.4, -0.2) is 27.9 Å². The normalized spacial score (nSPS) is 11.0. The highest BCUT2D eigenvalue weighted by molar-refractivity contribution is 6.31. The van der Waals surface area contributed by atoms with Crippen LogP contribution in [0.4, 0.5) is 5.69 Å². The third kappa shape index (κ3) is 4.74. The number of aromatic nitrogens is 2. The minimum absolute atomic E-state index is 0.277. The van der Waals surface area contributed by atoms with Crippen LogP contribution in [0.15, 0.2) is 54.7 Å². The van der Waals surface area contributed by atoms with Gasteiger partial charge < -0.3 is 10.1 Å². The average Bonchev–Trinajstić information content (AvgIpc) is 3.00. The Morgan fingerprint density at radius 2 is 2.11 bits per heavy atom. The van der Waals surface area contributed by atoms with Crippen LogP contribution in [-0.2, 0) is 20.7 Å². The van der Waals surface area contributed by atoms with Gasteiger partial charge in [0.1, 0.15) is 5.65 Å². The lowest BCUT2D eigenvalue weighted by atomic mass is 10.1. The Labute approximate surface area is 161 Å². The Hall–Kier alpha value is -3.12. The molecule has 0 atom stereocenters. The molecule has 0 spiro atoms. The van der Waals surface area contributed by atoms with Crippen LogP contribution in [0.2, 0.25) is 5.15 Å². The first kappa shape index (κ1) is 18.7. The van der Waals surface area contributed by atoms with Crippen molar-refractivity contribution < 1.29 is 14.3 Å². The van der Waals surface area contributed by atoms with E-state index in [9.17, 15) is 9.59 Å². The van der Waals surface area contributed by atoms with Gasteiger partial charge in [0, 0.05) is 18.0 Å². The topological polar surface area (TPSA) is 72.7 Å². The van der Waals surface area contributed by atoms with Gasteiger partial charge in [0.2, 0.25) is 0 Å². The molecule has 0 aliphatic carbocycles. The van der Waals surface area contributed by atoms with Crippen LogP contribution in [0.1, 0.15) is 18.2 Å². The van der Waals surface area contributed by atoms with Crippen LogP contribution in [0.3, 0.4) is 0 Å². The molecule has 0 bridgehead atoms. The number of rotatable bonds is 6. The summed E-state index contributed by atoms with van der Waals surface area (Å²) < 4.78 is 6.72. The Kier molecular flexibility index (Phi) is 5.88. The van der Waals surface area contributed by atoms with Crippen LogP contribution >= 0.6 is 11.6 Å². The van der Waals surface area contributed by atoms with Crippen LogP contribution in [0, 0.1) is 0 Å². The lowest BCUT2D eigenvalue weighted by molar-refractivity contribution is -0.142. The van der Waals surface area contributed by atoms with E-state index in [1.54, 1.807) is 22.7 Å². The number of amides is 1. The Balaban J connectivity index is 1.56. The summed E-state index contributed by atoms with van der Waals surface area (Å²) in [4.78, 5) is 28.0. The van der Waals surface area contributed by atoms with E-state index >= 15 is 0 Å². The van der Waals surface area contributed by atoms with E-state index in [2.05, 4.69) is 10.3 Å². The smallest absolute Gasteiger partial charge is 0.331 e. The van der Waals surface area contributed by atoms with Gasteiger partial charge >= 0.3 is 5.97 Å². The summed E-state index contributed by atoms with van der Waals surface area (Å²) in [5.41, 5.74) is 3.01. The number of carbonyl (C=O) groups is 2. The van der Waals surface area contributed by atoms with Crippen LogP contribution in [0.5, 0.6) is 0 Å². The third-order valence-corrected chi connectivity index (χ3v) is 4.14. The average molecular weight is 384 g/mol. The zero-order valence-corrected chi connectivity index (χ0v) is 15.4. The van der Waals surface area contributed by atoms with Gasteiger partial charge in [-0.1, -0.05) is 36.7 Å². The summed E-state index contributed by atoms with van der Waals surface area (Å²) in [6.07, 6.45) is 5.38. The summed E-state index contributed by atoms with van der Waals surface area (Å²) >= 11 is 6.09. The van der Waals surface area contributed by atoms with E-state index < -0.39 is 11.9 Å². The number of nitrogens with zero attached hydrogens (tertiary/aromatic N) is 2. The Morgan fingerprint density at radius 1 is 1.26 bits per heavy atom. The number of benzene rings is 1. The molecule has 0 aliphatic rings. The lowest BCUT2D eigenvalue weighted by Crippen LogP contribution is -2.20. The van der Waals surface area contributed by atoms with Gasteiger partial charge in [-0.25, -0.2) is 9.78 Å². The molecule has 3 aromatic rings. The molecule has 27 heavy (non-hydrogen) atoms. The molecule has 6 nitrogen and oxygen atoms in total. The van der Waals surface area contributed by atoms with Gasteiger partial charge in [0.05, 0.1) is 5.69 Å². The van der Waals surface area contributed by atoms with Crippen molar-refractivity contribution in [1.82, 2.24) is 9.38 Å². The van der Waals surface area contributed by atoms with Crippen molar-refractivity contribution in [2.75, 3.05) is 11.9 Å². The monoisotopic (exact) mass is 383 g/mol. The highest BCUT2D eigenvalue weighted by Crippen LogP contribution is 2.18. The van der Waals surface area contributed by atoms with Crippen molar-refractivity contribution in [3.8, 4) is 0 Å². The highest BCUT2D eigenvalue weighted by Gasteiger charge is 2.09. The maximum atomic E-state index is 11.9. The number of fused-ring (bicyclic) bond motifs is 1. The number of halogens is 1. The predicted molar refractivity (Wildman–Crippen MR) is 105 cm³/mol.